The molecule has 7 nitrogen and oxygen atoms in total. The molecule has 1 saturated carbocycles. The lowest BCUT2D eigenvalue weighted by molar-refractivity contribution is -0.128. The van der Waals surface area contributed by atoms with Gasteiger partial charge in [0, 0.05) is 19.1 Å². The summed E-state index contributed by atoms with van der Waals surface area (Å²) in [6.45, 7) is 2.69. The molecule has 0 atom stereocenters. The lowest BCUT2D eigenvalue weighted by Crippen LogP contribution is -2.34. The highest BCUT2D eigenvalue weighted by atomic mass is 32.2. The summed E-state index contributed by atoms with van der Waals surface area (Å²) in [7, 11) is 0. The molecule has 0 spiro atoms. The summed E-state index contributed by atoms with van der Waals surface area (Å²) >= 11 is 1.40. The van der Waals surface area contributed by atoms with Gasteiger partial charge in [-0.2, -0.15) is 10.5 Å². The largest absolute Gasteiger partial charge is 0.340 e. The Labute approximate surface area is 153 Å². The highest BCUT2D eigenvalue weighted by Gasteiger charge is 2.22. The van der Waals surface area contributed by atoms with Crippen LogP contribution < -0.4 is 0 Å². The summed E-state index contributed by atoms with van der Waals surface area (Å²) in [5.74, 6) is 1.08. The first-order valence-electron chi connectivity index (χ1n) is 8.73. The fraction of sp³-hybridized carbons (Fsp3) is 0.706. The lowest BCUT2D eigenvalue weighted by Gasteiger charge is -2.25. The number of amides is 1. The monoisotopic (exact) mass is 360 g/mol. The van der Waals surface area contributed by atoms with E-state index in [0.29, 0.717) is 19.1 Å². The summed E-state index contributed by atoms with van der Waals surface area (Å²) < 4.78 is 2.17. The zero-order valence-electron chi connectivity index (χ0n) is 14.6. The van der Waals surface area contributed by atoms with Crippen LogP contribution in [0.1, 0.15) is 56.8 Å². The second-order valence-corrected chi connectivity index (χ2v) is 7.12. The lowest BCUT2D eigenvalue weighted by atomic mass is 9.95. The first-order chi connectivity index (χ1) is 12.2. The van der Waals surface area contributed by atoms with Crippen LogP contribution in [0.25, 0.3) is 0 Å². The third kappa shape index (κ3) is 5.47. The fourth-order valence-corrected chi connectivity index (χ4v) is 4.11. The number of aryl methyl sites for hydroxylation is 1. The Morgan fingerprint density at radius 1 is 1.20 bits per heavy atom. The van der Waals surface area contributed by atoms with Crippen LogP contribution in [0.15, 0.2) is 5.16 Å². The van der Waals surface area contributed by atoms with Crippen LogP contribution in [0, 0.1) is 29.6 Å². The molecular formula is C17H24N6OS. The Balaban J connectivity index is 1.98. The summed E-state index contributed by atoms with van der Waals surface area (Å²) in [6, 6.07) is 4.52. The van der Waals surface area contributed by atoms with E-state index in [1.807, 2.05) is 19.1 Å². The maximum Gasteiger partial charge on any atom is 0.233 e. The predicted molar refractivity (Wildman–Crippen MR) is 94.6 cm³/mol. The zero-order chi connectivity index (χ0) is 18.1. The van der Waals surface area contributed by atoms with Crippen molar-refractivity contribution in [2.24, 2.45) is 0 Å². The molecule has 25 heavy (non-hydrogen) atoms. The highest BCUT2D eigenvalue weighted by molar-refractivity contribution is 7.99. The number of carbonyl (C=O) groups excluding carboxylic acids is 1. The minimum atomic E-state index is -0.0636. The van der Waals surface area contributed by atoms with Gasteiger partial charge in [-0.1, -0.05) is 31.0 Å². The second-order valence-electron chi connectivity index (χ2n) is 6.18. The van der Waals surface area contributed by atoms with Gasteiger partial charge in [-0.15, -0.1) is 10.2 Å². The van der Waals surface area contributed by atoms with Crippen molar-refractivity contribution in [2.75, 3.05) is 18.8 Å². The van der Waals surface area contributed by atoms with Crippen LogP contribution in [0.5, 0.6) is 0 Å². The molecule has 0 aliphatic heterocycles. The topological polar surface area (TPSA) is 98.6 Å². The van der Waals surface area contributed by atoms with Crippen molar-refractivity contribution < 1.29 is 4.79 Å². The molecule has 1 aliphatic carbocycles. The molecule has 1 aliphatic rings. The Hall–Kier alpha value is -2.06. The smallest absolute Gasteiger partial charge is 0.233 e. The molecule has 1 amide bonds. The van der Waals surface area contributed by atoms with Gasteiger partial charge in [0.05, 0.1) is 30.7 Å². The molecule has 1 fully saturated rings. The number of carbonyl (C=O) groups is 1. The van der Waals surface area contributed by atoms with Gasteiger partial charge >= 0.3 is 0 Å². The van der Waals surface area contributed by atoms with E-state index in [2.05, 4.69) is 14.8 Å². The fourth-order valence-electron chi connectivity index (χ4n) is 3.16. The maximum absolute atomic E-state index is 12.5. The van der Waals surface area contributed by atoms with Gasteiger partial charge in [0.2, 0.25) is 5.91 Å². The molecule has 1 aromatic rings. The van der Waals surface area contributed by atoms with Crippen LogP contribution in [-0.4, -0.2) is 44.4 Å². The van der Waals surface area contributed by atoms with E-state index >= 15 is 0 Å². The van der Waals surface area contributed by atoms with Gasteiger partial charge in [-0.25, -0.2) is 0 Å². The van der Waals surface area contributed by atoms with Crippen molar-refractivity contribution in [3.63, 3.8) is 0 Å². The summed E-state index contributed by atoms with van der Waals surface area (Å²) in [5, 5.41) is 26.7. The number of nitriles is 2. The molecule has 0 unspecified atom stereocenters. The van der Waals surface area contributed by atoms with Crippen molar-refractivity contribution in [2.45, 2.75) is 63.1 Å². The molecular weight excluding hydrogens is 336 g/mol. The average Bonchev–Trinajstić information content (AvgIpc) is 3.01. The SMILES string of the molecule is Cc1nnc(SCC(=O)N(CCC#N)CCC#N)n1C1CCCCC1. The van der Waals surface area contributed by atoms with Crippen molar-refractivity contribution >= 4 is 17.7 Å². The molecule has 1 aromatic heterocycles. The predicted octanol–water partition coefficient (Wildman–Crippen LogP) is 2.84. The number of hydrogen-bond acceptors (Lipinski definition) is 6. The van der Waals surface area contributed by atoms with Crippen LogP contribution in [0.4, 0.5) is 0 Å². The molecule has 0 bridgehead atoms. The normalized spacial score (nSPS) is 14.7. The standard InChI is InChI=1S/C17H24N6OS/c1-14-20-21-17(23(14)15-7-3-2-4-8-15)25-13-16(24)22(11-5-9-18)12-6-10-19/h15H,2-8,11-13H2,1H3. The molecule has 1 heterocycles. The Morgan fingerprint density at radius 3 is 2.44 bits per heavy atom. The second kappa shape index (κ2) is 10.0. The summed E-state index contributed by atoms with van der Waals surface area (Å²) in [4.78, 5) is 14.0. The molecule has 134 valence electrons. The van der Waals surface area contributed by atoms with Crippen LogP contribution in [-0.2, 0) is 4.79 Å². The van der Waals surface area contributed by atoms with Crippen molar-refractivity contribution in [3.8, 4) is 12.1 Å². The van der Waals surface area contributed by atoms with E-state index < -0.39 is 0 Å². The van der Waals surface area contributed by atoms with Crippen LogP contribution >= 0.6 is 11.8 Å². The Bertz CT molecular complexity index is 635. The zero-order valence-corrected chi connectivity index (χ0v) is 15.5. The third-order valence-corrected chi connectivity index (χ3v) is 5.37. The van der Waals surface area contributed by atoms with E-state index in [-0.39, 0.29) is 24.5 Å². The summed E-state index contributed by atoms with van der Waals surface area (Å²) in [6.07, 6.45) is 6.56. The maximum atomic E-state index is 12.5. The summed E-state index contributed by atoms with van der Waals surface area (Å²) in [5.41, 5.74) is 0. The van der Waals surface area contributed by atoms with Gasteiger partial charge in [-0.3, -0.25) is 4.79 Å². The van der Waals surface area contributed by atoms with E-state index in [1.54, 1.807) is 4.90 Å². The van der Waals surface area contributed by atoms with Gasteiger partial charge in [0.25, 0.3) is 0 Å². The first kappa shape index (κ1) is 19.3. The number of rotatable bonds is 8. The molecule has 0 radical (unpaired) electrons. The molecule has 0 N–H and O–H groups in total. The molecule has 0 saturated heterocycles. The number of thioether (sulfide) groups is 1. The van der Waals surface area contributed by atoms with Crippen molar-refractivity contribution in [1.29, 1.82) is 10.5 Å². The number of aromatic nitrogens is 3. The first-order valence-corrected chi connectivity index (χ1v) is 9.72. The van der Waals surface area contributed by atoms with Gasteiger partial charge in [0.15, 0.2) is 5.16 Å². The molecule has 2 rings (SSSR count). The molecule has 0 aromatic carbocycles. The van der Waals surface area contributed by atoms with Crippen LogP contribution in [0.3, 0.4) is 0 Å². The average molecular weight is 360 g/mol. The van der Waals surface area contributed by atoms with E-state index in [9.17, 15) is 4.79 Å². The number of hydrogen-bond donors (Lipinski definition) is 0. The van der Waals surface area contributed by atoms with Gasteiger partial charge in [0.1, 0.15) is 5.82 Å². The van der Waals surface area contributed by atoms with Gasteiger partial charge < -0.3 is 9.47 Å². The van der Waals surface area contributed by atoms with Gasteiger partial charge in [-0.05, 0) is 19.8 Å². The van der Waals surface area contributed by atoms with E-state index in [0.717, 1.165) is 23.8 Å². The third-order valence-electron chi connectivity index (χ3n) is 4.44. The number of nitrogens with zero attached hydrogens (tertiary/aromatic N) is 6. The Morgan fingerprint density at radius 2 is 1.84 bits per heavy atom. The van der Waals surface area contributed by atoms with Crippen LogP contribution in [0.2, 0.25) is 0 Å². The minimum Gasteiger partial charge on any atom is -0.340 e. The minimum absolute atomic E-state index is 0.0636. The van der Waals surface area contributed by atoms with E-state index in [4.69, 9.17) is 10.5 Å². The van der Waals surface area contributed by atoms with E-state index in [1.165, 1.54) is 31.0 Å². The molecule has 8 heteroatoms. The Kier molecular flexibility index (Phi) is 7.75. The highest BCUT2D eigenvalue weighted by Crippen LogP contribution is 2.32. The van der Waals surface area contributed by atoms with Crippen molar-refractivity contribution in [1.82, 2.24) is 19.7 Å². The van der Waals surface area contributed by atoms with Crippen molar-refractivity contribution in [3.05, 3.63) is 5.82 Å². The quantitative estimate of drug-likeness (QED) is 0.661.